The lowest BCUT2D eigenvalue weighted by Crippen LogP contribution is -2.38. The zero-order chi connectivity index (χ0) is 37.9. The van der Waals surface area contributed by atoms with E-state index < -0.39 is 12.3 Å². The smallest absolute Gasteiger partial charge is 0.251 e. The molecule has 4 aromatic rings. The first kappa shape index (κ1) is 38.1. The number of carbonyl (C=O) groups excluding carboxylic acids is 2. The molecule has 53 heavy (non-hydrogen) atoms. The van der Waals surface area contributed by atoms with Gasteiger partial charge in [-0.2, -0.15) is 4.98 Å². The van der Waals surface area contributed by atoms with E-state index in [0.29, 0.717) is 53.0 Å². The van der Waals surface area contributed by atoms with Crippen LogP contribution in [0.15, 0.2) is 102 Å². The lowest BCUT2D eigenvalue weighted by atomic mass is 9.99. The number of anilines is 5. The molecule has 5 rings (SSSR count). The molecule has 14 heteroatoms. The quantitative estimate of drug-likeness (QED) is 0.0616. The van der Waals surface area contributed by atoms with Crippen LogP contribution in [-0.2, 0) is 20.9 Å². The Morgan fingerprint density at radius 1 is 1.06 bits per heavy atom. The Hall–Kier alpha value is -6.12. The molecule has 1 aliphatic heterocycles. The number of carbonyl (C=O) groups is 2. The van der Waals surface area contributed by atoms with Crippen LogP contribution in [-0.4, -0.2) is 87.7 Å². The van der Waals surface area contributed by atoms with Gasteiger partial charge in [-0.1, -0.05) is 42.5 Å². The van der Waals surface area contributed by atoms with Crippen molar-refractivity contribution in [2.75, 3.05) is 48.2 Å². The Morgan fingerprint density at radius 3 is 2.53 bits per heavy atom. The van der Waals surface area contributed by atoms with Gasteiger partial charge in [-0.3, -0.25) is 19.6 Å². The van der Waals surface area contributed by atoms with E-state index in [1.165, 1.54) is 4.90 Å². The summed E-state index contributed by atoms with van der Waals surface area (Å²) in [4.78, 5) is 46.2. The number of benzene rings is 2. The number of rotatable bonds is 15. The first-order valence-electron chi connectivity index (χ1n) is 17.1. The second-order valence-corrected chi connectivity index (χ2v) is 12.5. The number of hydrogen-bond acceptors (Lipinski definition) is 12. The SMILES string of the molecule is COCCN1C(=O)[C@H](C)N=C(c2ccccc2)C(=C/O)/C1=C\CC(O)Nc1ccc(C)c(NCc2cnc(Nc3ccc(C)nc3)nc2N(C)C=O)c1. The molecule has 276 valence electrons. The fourth-order valence-corrected chi connectivity index (χ4v) is 5.69. The number of aliphatic hydroxyl groups is 2. The number of allylic oxidation sites excluding steroid dienone is 1. The third-order valence-electron chi connectivity index (χ3n) is 8.54. The number of hydrogen-bond donors (Lipinski definition) is 5. The van der Waals surface area contributed by atoms with Crippen LogP contribution in [0.4, 0.5) is 28.8 Å². The average molecular weight is 720 g/mol. The molecule has 3 heterocycles. The number of methoxy groups -OCH3 is 1. The Labute approximate surface area is 309 Å². The van der Waals surface area contributed by atoms with Gasteiger partial charge in [0.1, 0.15) is 18.1 Å². The van der Waals surface area contributed by atoms with Gasteiger partial charge in [0.15, 0.2) is 0 Å². The molecule has 0 aliphatic carbocycles. The van der Waals surface area contributed by atoms with E-state index in [1.807, 2.05) is 74.5 Å². The van der Waals surface area contributed by atoms with Gasteiger partial charge in [0.05, 0.1) is 41.7 Å². The van der Waals surface area contributed by atoms with Crippen molar-refractivity contribution in [2.45, 2.75) is 46.0 Å². The minimum atomic E-state index is -1.06. The monoisotopic (exact) mass is 719 g/mol. The van der Waals surface area contributed by atoms with Crippen molar-refractivity contribution in [2.24, 2.45) is 4.99 Å². The number of aliphatic imine (C=N–C) groups is 1. The van der Waals surface area contributed by atoms with Crippen molar-refractivity contribution in [3.8, 4) is 0 Å². The zero-order valence-corrected chi connectivity index (χ0v) is 30.4. The normalized spacial score (nSPS) is 16.6. The molecule has 2 aromatic heterocycles. The summed E-state index contributed by atoms with van der Waals surface area (Å²) in [7, 11) is 3.18. The van der Waals surface area contributed by atoms with Crippen LogP contribution in [0.3, 0.4) is 0 Å². The second kappa shape index (κ2) is 17.9. The van der Waals surface area contributed by atoms with E-state index in [-0.39, 0.29) is 25.5 Å². The van der Waals surface area contributed by atoms with Gasteiger partial charge in [0, 0.05) is 68.1 Å². The highest BCUT2D eigenvalue weighted by Crippen LogP contribution is 2.28. The Morgan fingerprint density at radius 2 is 1.83 bits per heavy atom. The number of pyridine rings is 1. The zero-order valence-electron chi connectivity index (χ0n) is 30.4. The summed E-state index contributed by atoms with van der Waals surface area (Å²) in [6, 6.07) is 18.0. The van der Waals surface area contributed by atoms with Gasteiger partial charge in [-0.25, -0.2) is 4.98 Å². The Balaban J connectivity index is 1.32. The maximum Gasteiger partial charge on any atom is 0.251 e. The van der Waals surface area contributed by atoms with E-state index in [1.54, 1.807) is 44.5 Å². The third kappa shape index (κ3) is 9.61. The Bertz CT molecular complexity index is 1980. The van der Waals surface area contributed by atoms with Crippen LogP contribution in [0, 0.1) is 13.8 Å². The largest absolute Gasteiger partial charge is 0.515 e. The van der Waals surface area contributed by atoms with Crippen molar-refractivity contribution in [1.29, 1.82) is 0 Å². The summed E-state index contributed by atoms with van der Waals surface area (Å²) in [6.45, 7) is 6.38. The molecule has 2 aromatic carbocycles. The third-order valence-corrected chi connectivity index (χ3v) is 8.54. The van der Waals surface area contributed by atoms with Gasteiger partial charge < -0.3 is 40.7 Å². The lowest BCUT2D eigenvalue weighted by molar-refractivity contribution is -0.130. The van der Waals surface area contributed by atoms with Crippen LogP contribution in [0.1, 0.15) is 35.7 Å². The van der Waals surface area contributed by atoms with E-state index in [2.05, 4.69) is 35.9 Å². The van der Waals surface area contributed by atoms with Crippen LogP contribution in [0.25, 0.3) is 0 Å². The number of aromatic nitrogens is 3. The predicted octanol–water partition coefficient (Wildman–Crippen LogP) is 5.25. The van der Waals surface area contributed by atoms with Crippen LogP contribution in [0.5, 0.6) is 0 Å². The summed E-state index contributed by atoms with van der Waals surface area (Å²) in [6.07, 6.45) is 5.74. The minimum absolute atomic E-state index is 0.0916. The summed E-state index contributed by atoms with van der Waals surface area (Å²) >= 11 is 0. The molecule has 0 fully saturated rings. The van der Waals surface area contributed by atoms with Crippen molar-refractivity contribution in [3.05, 3.63) is 119 Å². The second-order valence-electron chi connectivity index (χ2n) is 12.5. The Kier molecular flexibility index (Phi) is 12.9. The fourth-order valence-electron chi connectivity index (χ4n) is 5.69. The number of nitrogens with one attached hydrogen (secondary N) is 3. The van der Waals surface area contributed by atoms with Crippen LogP contribution >= 0.6 is 0 Å². The maximum atomic E-state index is 13.5. The standard InChI is InChI=1S/C39H45N9O5/c1-25-11-13-30(19-33(25)41-20-29-21-42-39(46-37(29)47(4)24-50)45-31-14-12-26(2)40-22-31)44-35(51)16-15-34-32(23-49)36(28-9-7-6-8-10-28)43-27(3)38(52)48(34)17-18-53-5/h6-15,19,21-24,27,35,41,44,49,51H,16-18,20H2,1-5H3,(H,42,45,46)/b32-23+,34-15+/t27-,35?/m0/s1. The van der Waals surface area contributed by atoms with Crippen molar-refractivity contribution in [1.82, 2.24) is 19.9 Å². The molecule has 2 amide bonds. The van der Waals surface area contributed by atoms with Gasteiger partial charge in [0.2, 0.25) is 12.4 Å². The maximum absolute atomic E-state index is 13.5. The predicted molar refractivity (Wildman–Crippen MR) is 206 cm³/mol. The number of aliphatic hydroxyl groups excluding tert-OH is 2. The first-order chi connectivity index (χ1) is 25.6. The van der Waals surface area contributed by atoms with Gasteiger partial charge in [-0.05, 0) is 50.6 Å². The molecule has 5 N–H and O–H groups in total. The number of nitrogens with zero attached hydrogens (tertiary/aromatic N) is 6. The molecule has 0 radical (unpaired) electrons. The van der Waals surface area contributed by atoms with Crippen molar-refractivity contribution >= 4 is 46.9 Å². The minimum Gasteiger partial charge on any atom is -0.515 e. The fraction of sp³-hybridized carbons (Fsp3) is 0.282. The van der Waals surface area contributed by atoms with E-state index >= 15 is 0 Å². The van der Waals surface area contributed by atoms with Gasteiger partial charge >= 0.3 is 0 Å². The average Bonchev–Trinajstić information content (AvgIpc) is 3.27. The molecule has 2 atom stereocenters. The molecule has 14 nitrogen and oxygen atoms in total. The van der Waals surface area contributed by atoms with Gasteiger partial charge in [0.25, 0.3) is 5.91 Å². The molecule has 0 spiro atoms. The first-order valence-corrected chi connectivity index (χ1v) is 17.1. The number of amides is 2. The molecular weight excluding hydrogens is 674 g/mol. The summed E-state index contributed by atoms with van der Waals surface area (Å²) < 4.78 is 5.29. The van der Waals surface area contributed by atoms with Crippen molar-refractivity contribution < 1.29 is 24.5 Å². The number of ether oxygens (including phenoxy) is 1. The highest BCUT2D eigenvalue weighted by Gasteiger charge is 2.32. The molecule has 1 unspecified atom stereocenters. The molecule has 1 aliphatic rings. The molecular formula is C39H45N9O5. The molecule has 0 bridgehead atoms. The van der Waals surface area contributed by atoms with Crippen LogP contribution in [0.2, 0.25) is 0 Å². The van der Waals surface area contributed by atoms with Crippen molar-refractivity contribution in [3.63, 3.8) is 0 Å². The van der Waals surface area contributed by atoms with Gasteiger partial charge in [-0.15, -0.1) is 0 Å². The molecule has 0 saturated heterocycles. The summed E-state index contributed by atoms with van der Waals surface area (Å²) in [5.74, 6) is 0.505. The van der Waals surface area contributed by atoms with E-state index in [9.17, 15) is 19.8 Å². The highest BCUT2D eigenvalue weighted by atomic mass is 16.5. The lowest BCUT2D eigenvalue weighted by Gasteiger charge is -2.26. The molecule has 0 saturated carbocycles. The van der Waals surface area contributed by atoms with E-state index in [4.69, 9.17) is 4.74 Å². The van der Waals surface area contributed by atoms with Crippen LogP contribution < -0.4 is 20.9 Å². The summed E-state index contributed by atoms with van der Waals surface area (Å²) in [5.41, 5.74) is 6.67. The van der Waals surface area contributed by atoms with E-state index in [0.717, 1.165) is 34.5 Å². The topological polar surface area (TPSA) is 177 Å². The summed E-state index contributed by atoms with van der Waals surface area (Å²) in [5, 5.41) is 31.3. The number of aryl methyl sites for hydroxylation is 2. The highest BCUT2D eigenvalue weighted by molar-refractivity contribution is 6.17.